The van der Waals surface area contributed by atoms with Crippen molar-refractivity contribution in [2.24, 2.45) is 7.05 Å². The molecular weight excluding hydrogens is 473 g/mol. The van der Waals surface area contributed by atoms with Crippen molar-refractivity contribution in [3.8, 4) is 11.9 Å². The van der Waals surface area contributed by atoms with Crippen LogP contribution in [-0.2, 0) is 20.2 Å². The zero-order valence-electron chi connectivity index (χ0n) is 20.4. The smallest absolute Gasteiger partial charge is 0.335 e. The van der Waals surface area contributed by atoms with Crippen molar-refractivity contribution in [2.75, 3.05) is 13.1 Å². The number of likely N-dealkylation sites (tertiary alicyclic amines) is 1. The predicted molar refractivity (Wildman–Crippen MR) is 135 cm³/mol. The van der Waals surface area contributed by atoms with Gasteiger partial charge in [-0.3, -0.25) is 4.90 Å². The standard InChI is InChI=1S/C28H26FN5O3/c1-33-25-14-20(28(35)36)7-8-24(25)31-26(33)16-34-11-9-19(10-12-34)23-3-2-4-27(32-23)37-17-21-6-5-18(15-30)13-22(21)29/h2-8,13-14,19H,9-12,16-17H2,1H3,(H,35,36). The number of halogens is 1. The number of rotatable bonds is 7. The van der Waals surface area contributed by atoms with Gasteiger partial charge >= 0.3 is 5.97 Å². The van der Waals surface area contributed by atoms with Crippen LogP contribution in [0.25, 0.3) is 11.0 Å². The van der Waals surface area contributed by atoms with Gasteiger partial charge in [0, 0.05) is 30.3 Å². The maximum atomic E-state index is 14.2. The minimum atomic E-state index is -0.948. The Hall–Kier alpha value is -4.29. The summed E-state index contributed by atoms with van der Waals surface area (Å²) in [5.74, 6) is 0.232. The number of nitriles is 1. The third-order valence-electron chi connectivity index (χ3n) is 6.89. The number of aromatic carboxylic acids is 1. The number of carbonyl (C=O) groups is 1. The lowest BCUT2D eigenvalue weighted by Gasteiger charge is -2.31. The summed E-state index contributed by atoms with van der Waals surface area (Å²) >= 11 is 0. The molecule has 2 aromatic heterocycles. The highest BCUT2D eigenvalue weighted by Gasteiger charge is 2.23. The summed E-state index contributed by atoms with van der Waals surface area (Å²) in [7, 11) is 1.92. The average molecular weight is 500 g/mol. The van der Waals surface area contributed by atoms with Crippen molar-refractivity contribution >= 4 is 17.0 Å². The maximum Gasteiger partial charge on any atom is 0.335 e. The molecule has 0 bridgehead atoms. The zero-order valence-corrected chi connectivity index (χ0v) is 20.4. The molecule has 1 aliphatic heterocycles. The number of carboxylic acid groups (broad SMARTS) is 1. The lowest BCUT2D eigenvalue weighted by Crippen LogP contribution is -2.33. The Balaban J connectivity index is 1.19. The second-order valence-corrected chi connectivity index (χ2v) is 9.25. The van der Waals surface area contributed by atoms with Gasteiger partial charge in [0.25, 0.3) is 0 Å². The number of piperidine rings is 1. The van der Waals surface area contributed by atoms with Crippen LogP contribution in [0.3, 0.4) is 0 Å². The minimum absolute atomic E-state index is 0.0401. The van der Waals surface area contributed by atoms with Crippen molar-refractivity contribution < 1.29 is 19.0 Å². The summed E-state index contributed by atoms with van der Waals surface area (Å²) in [6.07, 6.45) is 1.88. The first-order valence-electron chi connectivity index (χ1n) is 12.1. The van der Waals surface area contributed by atoms with Gasteiger partial charge in [-0.05, 0) is 62.3 Å². The van der Waals surface area contributed by atoms with Gasteiger partial charge < -0.3 is 14.4 Å². The number of benzene rings is 2. The number of imidazole rings is 1. The number of carboxylic acids is 1. The molecule has 4 aromatic rings. The van der Waals surface area contributed by atoms with E-state index < -0.39 is 11.8 Å². The molecule has 5 rings (SSSR count). The summed E-state index contributed by atoms with van der Waals surface area (Å²) in [5.41, 5.74) is 3.47. The van der Waals surface area contributed by atoms with Crippen LogP contribution < -0.4 is 4.74 Å². The van der Waals surface area contributed by atoms with Gasteiger partial charge in [0.05, 0.1) is 34.8 Å². The van der Waals surface area contributed by atoms with Crippen molar-refractivity contribution in [1.82, 2.24) is 19.4 Å². The number of aromatic nitrogens is 3. The zero-order chi connectivity index (χ0) is 25.9. The Labute approximate surface area is 213 Å². The topological polar surface area (TPSA) is 104 Å². The predicted octanol–water partition coefficient (Wildman–Crippen LogP) is 4.64. The van der Waals surface area contributed by atoms with Crippen LogP contribution in [0, 0.1) is 17.1 Å². The molecule has 9 heteroatoms. The van der Waals surface area contributed by atoms with E-state index in [1.807, 2.05) is 29.8 Å². The van der Waals surface area contributed by atoms with Crippen molar-refractivity contribution in [1.29, 1.82) is 5.26 Å². The molecule has 188 valence electrons. The fourth-order valence-corrected chi connectivity index (χ4v) is 4.73. The van der Waals surface area contributed by atoms with E-state index in [-0.39, 0.29) is 17.7 Å². The van der Waals surface area contributed by atoms with E-state index in [9.17, 15) is 14.3 Å². The number of pyridine rings is 1. The van der Waals surface area contributed by atoms with Gasteiger partial charge in [0.15, 0.2) is 0 Å². The summed E-state index contributed by atoms with van der Waals surface area (Å²) in [4.78, 5) is 23.0. The van der Waals surface area contributed by atoms with Crippen LogP contribution in [-0.4, -0.2) is 43.6 Å². The third-order valence-corrected chi connectivity index (χ3v) is 6.89. The summed E-state index contributed by atoms with van der Waals surface area (Å²) in [6.45, 7) is 2.50. The molecule has 0 unspecified atom stereocenters. The van der Waals surface area contributed by atoms with Gasteiger partial charge in [-0.2, -0.15) is 5.26 Å². The largest absolute Gasteiger partial charge is 0.478 e. The molecular formula is C28H26FN5O3. The highest BCUT2D eigenvalue weighted by Crippen LogP contribution is 2.29. The quantitative estimate of drug-likeness (QED) is 0.395. The van der Waals surface area contributed by atoms with E-state index in [0.29, 0.717) is 23.9 Å². The van der Waals surface area contributed by atoms with E-state index >= 15 is 0 Å². The van der Waals surface area contributed by atoms with Crippen LogP contribution in [0.1, 0.15) is 51.8 Å². The Morgan fingerprint density at radius 3 is 2.70 bits per heavy atom. The minimum Gasteiger partial charge on any atom is -0.478 e. The molecule has 0 spiro atoms. The van der Waals surface area contributed by atoms with Gasteiger partial charge in [-0.1, -0.05) is 12.1 Å². The van der Waals surface area contributed by atoms with Crippen LogP contribution in [0.4, 0.5) is 4.39 Å². The van der Waals surface area contributed by atoms with E-state index in [1.165, 1.54) is 6.07 Å². The highest BCUT2D eigenvalue weighted by atomic mass is 19.1. The summed E-state index contributed by atoms with van der Waals surface area (Å²) in [6, 6.07) is 16.9. The summed E-state index contributed by atoms with van der Waals surface area (Å²) in [5, 5.41) is 18.2. The second kappa shape index (κ2) is 10.4. The average Bonchev–Trinajstić information content (AvgIpc) is 3.22. The number of hydrogen-bond donors (Lipinski definition) is 1. The molecule has 1 saturated heterocycles. The monoisotopic (exact) mass is 499 g/mol. The summed E-state index contributed by atoms with van der Waals surface area (Å²) < 4.78 is 21.9. The molecule has 1 fully saturated rings. The fourth-order valence-electron chi connectivity index (χ4n) is 4.73. The second-order valence-electron chi connectivity index (χ2n) is 9.25. The molecule has 0 radical (unpaired) electrons. The van der Waals surface area contributed by atoms with Gasteiger partial charge in [0.1, 0.15) is 18.2 Å². The number of ether oxygens (including phenoxy) is 1. The molecule has 0 atom stereocenters. The maximum absolute atomic E-state index is 14.2. The molecule has 1 N–H and O–H groups in total. The Kier molecular flexibility index (Phi) is 6.84. The van der Waals surface area contributed by atoms with Crippen LogP contribution in [0.2, 0.25) is 0 Å². The normalized spacial score (nSPS) is 14.5. The van der Waals surface area contributed by atoms with Gasteiger partial charge in [0.2, 0.25) is 5.88 Å². The van der Waals surface area contributed by atoms with Gasteiger partial charge in [-0.15, -0.1) is 0 Å². The molecule has 3 heterocycles. The molecule has 37 heavy (non-hydrogen) atoms. The lowest BCUT2D eigenvalue weighted by atomic mass is 9.93. The Bertz CT molecular complexity index is 1500. The number of hydrogen-bond acceptors (Lipinski definition) is 6. The SMILES string of the molecule is Cn1c(CN2CCC(c3cccc(OCc4ccc(C#N)cc4F)n3)CC2)nc2ccc(C(=O)O)cc21. The van der Waals surface area contributed by atoms with Crippen molar-refractivity contribution in [3.05, 3.63) is 88.6 Å². The van der Waals surface area contributed by atoms with Gasteiger partial charge in [-0.25, -0.2) is 19.2 Å². The third kappa shape index (κ3) is 5.29. The molecule has 1 aliphatic rings. The first-order chi connectivity index (χ1) is 17.9. The van der Waals surface area contributed by atoms with Crippen molar-refractivity contribution in [3.63, 3.8) is 0 Å². The Morgan fingerprint density at radius 1 is 1.16 bits per heavy atom. The van der Waals surface area contributed by atoms with Crippen molar-refractivity contribution in [2.45, 2.75) is 31.9 Å². The highest BCUT2D eigenvalue weighted by molar-refractivity contribution is 5.92. The van der Waals surface area contributed by atoms with Crippen LogP contribution in [0.15, 0.2) is 54.6 Å². The van der Waals surface area contributed by atoms with E-state index in [2.05, 4.69) is 9.88 Å². The molecule has 0 saturated carbocycles. The lowest BCUT2D eigenvalue weighted by molar-refractivity contribution is 0.0697. The molecule has 8 nitrogen and oxygen atoms in total. The van der Waals surface area contributed by atoms with E-state index in [1.54, 1.807) is 36.4 Å². The first-order valence-corrected chi connectivity index (χ1v) is 12.1. The molecule has 2 aromatic carbocycles. The number of fused-ring (bicyclic) bond motifs is 1. The fraction of sp³-hybridized carbons (Fsp3) is 0.286. The first kappa shape index (κ1) is 24.4. The molecule has 0 aliphatic carbocycles. The molecule has 0 amide bonds. The van der Waals surface area contributed by atoms with E-state index in [0.717, 1.165) is 48.5 Å². The number of nitrogens with zero attached hydrogens (tertiary/aromatic N) is 5. The van der Waals surface area contributed by atoms with Crippen LogP contribution in [0.5, 0.6) is 5.88 Å². The van der Waals surface area contributed by atoms with E-state index in [4.69, 9.17) is 15.0 Å². The number of aryl methyl sites for hydroxylation is 1. The van der Waals surface area contributed by atoms with Crippen LogP contribution >= 0.6 is 0 Å². The Morgan fingerprint density at radius 2 is 1.97 bits per heavy atom.